The molecule has 8 rings (SSSR count). The molecular formula is C43H36O4. The highest BCUT2D eigenvalue weighted by molar-refractivity contribution is 6.09. The molecular weight excluding hydrogens is 580 g/mol. The van der Waals surface area contributed by atoms with Gasteiger partial charge in [-0.1, -0.05) is 92.7 Å². The first-order chi connectivity index (χ1) is 22.9. The summed E-state index contributed by atoms with van der Waals surface area (Å²) in [5.41, 5.74) is 9.27. The fraction of sp³-hybridized carbons (Fsp3) is 0.163. The summed E-state index contributed by atoms with van der Waals surface area (Å²) in [6, 6.07) is 40.3. The lowest BCUT2D eigenvalue weighted by Crippen LogP contribution is -2.35. The topological polar surface area (TPSA) is 36.9 Å². The van der Waals surface area contributed by atoms with Crippen molar-refractivity contribution in [3.05, 3.63) is 149 Å². The molecule has 0 unspecified atom stereocenters. The molecule has 0 atom stereocenters. The number of hydrogen-bond donors (Lipinski definition) is 0. The van der Waals surface area contributed by atoms with Crippen LogP contribution in [0, 0.1) is 0 Å². The summed E-state index contributed by atoms with van der Waals surface area (Å²) in [4.78, 5) is 0. The third-order valence-corrected chi connectivity index (χ3v) is 10.0. The van der Waals surface area contributed by atoms with Gasteiger partial charge in [-0.05, 0) is 87.3 Å². The molecule has 0 aromatic heterocycles. The summed E-state index contributed by atoms with van der Waals surface area (Å²) in [5.74, 6) is 3.19. The summed E-state index contributed by atoms with van der Waals surface area (Å²) in [5, 5.41) is 2.13. The van der Waals surface area contributed by atoms with Gasteiger partial charge in [0, 0.05) is 27.5 Å². The average molecular weight is 617 g/mol. The van der Waals surface area contributed by atoms with Gasteiger partial charge in [0.15, 0.2) is 5.60 Å². The predicted octanol–water partition coefficient (Wildman–Crippen LogP) is 10.2. The van der Waals surface area contributed by atoms with Crippen LogP contribution in [0.15, 0.2) is 121 Å². The zero-order valence-corrected chi connectivity index (χ0v) is 27.3. The van der Waals surface area contributed by atoms with Crippen molar-refractivity contribution in [2.75, 3.05) is 21.3 Å². The smallest absolute Gasteiger partial charge is 0.178 e. The molecule has 1 aliphatic heterocycles. The van der Waals surface area contributed by atoms with Crippen LogP contribution in [-0.4, -0.2) is 21.3 Å². The Bertz CT molecular complexity index is 2140. The number of benzene rings is 6. The van der Waals surface area contributed by atoms with Crippen molar-refractivity contribution in [1.82, 2.24) is 0 Å². The Labute approximate surface area is 275 Å². The normalized spacial score (nSPS) is 14.9. The van der Waals surface area contributed by atoms with E-state index in [1.165, 1.54) is 33.4 Å². The molecule has 0 amide bonds. The molecule has 4 nitrogen and oxygen atoms in total. The molecule has 1 aliphatic carbocycles. The van der Waals surface area contributed by atoms with Gasteiger partial charge in [-0.2, -0.15) is 0 Å². The van der Waals surface area contributed by atoms with Gasteiger partial charge >= 0.3 is 0 Å². The van der Waals surface area contributed by atoms with Crippen molar-refractivity contribution in [2.24, 2.45) is 0 Å². The van der Waals surface area contributed by atoms with E-state index in [0.717, 1.165) is 50.5 Å². The molecule has 6 aromatic carbocycles. The van der Waals surface area contributed by atoms with Crippen LogP contribution in [0.5, 0.6) is 23.0 Å². The highest BCUT2D eigenvalue weighted by atomic mass is 16.5. The van der Waals surface area contributed by atoms with Crippen LogP contribution in [0.25, 0.3) is 39.1 Å². The fourth-order valence-corrected chi connectivity index (χ4v) is 7.67. The van der Waals surface area contributed by atoms with Gasteiger partial charge in [-0.15, -0.1) is 0 Å². The second-order valence-corrected chi connectivity index (χ2v) is 12.7. The highest BCUT2D eigenvalue weighted by Crippen LogP contribution is 2.57. The van der Waals surface area contributed by atoms with Gasteiger partial charge in [-0.3, -0.25) is 0 Å². The van der Waals surface area contributed by atoms with Crippen LogP contribution < -0.4 is 18.9 Å². The van der Waals surface area contributed by atoms with E-state index in [-0.39, 0.29) is 5.41 Å². The molecule has 0 radical (unpaired) electrons. The first-order valence-electron chi connectivity index (χ1n) is 15.9. The predicted molar refractivity (Wildman–Crippen MR) is 190 cm³/mol. The Balaban J connectivity index is 1.49. The molecule has 0 bridgehead atoms. The van der Waals surface area contributed by atoms with Crippen LogP contribution in [0.3, 0.4) is 0 Å². The number of methoxy groups -OCH3 is 3. The highest BCUT2D eigenvalue weighted by Gasteiger charge is 2.43. The lowest BCUT2D eigenvalue weighted by Gasteiger charge is -2.40. The molecule has 6 aromatic rings. The second kappa shape index (κ2) is 10.8. The molecule has 1 heterocycles. The first kappa shape index (κ1) is 29.0. The summed E-state index contributed by atoms with van der Waals surface area (Å²) >= 11 is 0. The van der Waals surface area contributed by atoms with E-state index in [9.17, 15) is 0 Å². The van der Waals surface area contributed by atoms with Crippen molar-refractivity contribution in [1.29, 1.82) is 0 Å². The Hall–Kier alpha value is -5.48. The third-order valence-electron chi connectivity index (χ3n) is 10.0. The standard InChI is InChI=1S/C43H36O4/c1-42(2)38-13-9-8-11-33(38)32-10-6-7-12-34(32)39-35-23-22-31(46-5)26-37(35)41-36(40(39)42)24-25-43(47-41,27-14-18-29(44-3)19-15-27)28-16-20-30(45-4)21-17-28/h6-26H,1-5H3. The number of hydrogen-bond acceptors (Lipinski definition) is 4. The van der Waals surface area contributed by atoms with Crippen LogP contribution in [0.2, 0.25) is 0 Å². The van der Waals surface area contributed by atoms with E-state index in [0.29, 0.717) is 0 Å². The quantitative estimate of drug-likeness (QED) is 0.193. The molecule has 0 fully saturated rings. The average Bonchev–Trinajstić information content (AvgIpc) is 3.22. The Morgan fingerprint density at radius 1 is 0.553 bits per heavy atom. The Morgan fingerprint density at radius 2 is 1.11 bits per heavy atom. The minimum Gasteiger partial charge on any atom is -0.497 e. The van der Waals surface area contributed by atoms with Crippen LogP contribution in [0.1, 0.15) is 41.7 Å². The van der Waals surface area contributed by atoms with Gasteiger partial charge in [0.1, 0.15) is 23.0 Å². The van der Waals surface area contributed by atoms with Gasteiger partial charge in [0.25, 0.3) is 0 Å². The minimum absolute atomic E-state index is 0.350. The van der Waals surface area contributed by atoms with Crippen LogP contribution >= 0.6 is 0 Å². The maximum absolute atomic E-state index is 7.50. The molecule has 2 aliphatic rings. The van der Waals surface area contributed by atoms with Crippen molar-refractivity contribution in [3.63, 3.8) is 0 Å². The fourth-order valence-electron chi connectivity index (χ4n) is 7.67. The molecule has 0 spiro atoms. The second-order valence-electron chi connectivity index (χ2n) is 12.7. The summed E-state index contributed by atoms with van der Waals surface area (Å²) in [6.07, 6.45) is 4.49. The maximum Gasteiger partial charge on any atom is 0.178 e. The van der Waals surface area contributed by atoms with E-state index in [1.54, 1.807) is 21.3 Å². The molecule has 0 saturated carbocycles. The van der Waals surface area contributed by atoms with Gasteiger partial charge in [0.2, 0.25) is 0 Å². The van der Waals surface area contributed by atoms with Crippen molar-refractivity contribution in [2.45, 2.75) is 24.9 Å². The molecule has 0 N–H and O–H groups in total. The van der Waals surface area contributed by atoms with Crippen molar-refractivity contribution in [3.8, 4) is 45.3 Å². The number of ether oxygens (including phenoxy) is 4. The van der Waals surface area contributed by atoms with Crippen LogP contribution in [-0.2, 0) is 11.0 Å². The monoisotopic (exact) mass is 616 g/mol. The summed E-state index contributed by atoms with van der Waals surface area (Å²) in [7, 11) is 5.08. The first-order valence-corrected chi connectivity index (χ1v) is 15.9. The number of rotatable bonds is 5. The van der Waals surface area contributed by atoms with Gasteiger partial charge < -0.3 is 18.9 Å². The van der Waals surface area contributed by atoms with Crippen molar-refractivity contribution >= 4 is 16.8 Å². The Morgan fingerprint density at radius 3 is 1.72 bits per heavy atom. The van der Waals surface area contributed by atoms with E-state index in [2.05, 4.69) is 117 Å². The lowest BCUT2D eigenvalue weighted by atomic mass is 9.71. The molecule has 232 valence electrons. The lowest BCUT2D eigenvalue weighted by molar-refractivity contribution is 0.163. The summed E-state index contributed by atoms with van der Waals surface area (Å²) < 4.78 is 24.4. The zero-order valence-electron chi connectivity index (χ0n) is 27.3. The molecule has 47 heavy (non-hydrogen) atoms. The molecule has 0 saturated heterocycles. The largest absolute Gasteiger partial charge is 0.497 e. The van der Waals surface area contributed by atoms with Crippen molar-refractivity contribution < 1.29 is 18.9 Å². The maximum atomic E-state index is 7.50. The third kappa shape index (κ3) is 4.28. The van der Waals surface area contributed by atoms with Gasteiger partial charge in [0.05, 0.1) is 21.3 Å². The minimum atomic E-state index is -0.916. The number of fused-ring (bicyclic) bond motifs is 10. The van der Waals surface area contributed by atoms with E-state index >= 15 is 0 Å². The molecule has 4 heteroatoms. The van der Waals surface area contributed by atoms with Crippen LogP contribution in [0.4, 0.5) is 0 Å². The van der Waals surface area contributed by atoms with E-state index in [4.69, 9.17) is 18.9 Å². The van der Waals surface area contributed by atoms with E-state index in [1.807, 2.05) is 24.3 Å². The SMILES string of the molecule is COc1ccc(C2(c3ccc(OC)cc3)C=Cc3c4c(c5ccc(OC)cc5c3O2)-c2ccccc2-c2ccccc2C4(C)C)cc1. The Kier molecular flexibility index (Phi) is 6.66. The summed E-state index contributed by atoms with van der Waals surface area (Å²) in [6.45, 7) is 4.68. The zero-order chi connectivity index (χ0) is 32.3. The van der Waals surface area contributed by atoms with E-state index < -0.39 is 5.60 Å². The van der Waals surface area contributed by atoms with Gasteiger partial charge in [-0.25, -0.2) is 0 Å².